The number of aromatic nitrogens is 3. The van der Waals surface area contributed by atoms with Crippen LogP contribution in [0.5, 0.6) is 11.8 Å². The van der Waals surface area contributed by atoms with Crippen molar-refractivity contribution < 1.29 is 21.4 Å². The van der Waals surface area contributed by atoms with Gasteiger partial charge in [0.2, 0.25) is 0 Å². The zero-order valence-electron chi connectivity index (χ0n) is 26.2. The minimum absolute atomic E-state index is 0.0704. The van der Waals surface area contributed by atoms with Crippen LogP contribution in [0.25, 0.3) is 32.9 Å². The summed E-state index contributed by atoms with van der Waals surface area (Å²) in [6, 6.07) is 5.52. The highest BCUT2D eigenvalue weighted by molar-refractivity contribution is 6.03. The molecule has 2 unspecified atom stereocenters. The van der Waals surface area contributed by atoms with E-state index in [0.29, 0.717) is 42.5 Å². The van der Waals surface area contributed by atoms with Crippen LogP contribution < -0.4 is 15.0 Å². The Balaban J connectivity index is 1.28. The molecule has 2 aromatic carbocycles. The Kier molecular flexibility index (Phi) is 6.05. The SMILES string of the molecule is [2H]C([2H])(Oc1nc(N2CC3CCC2CN3)c2cnc(-c3cc(O)cc4ccc(F)c(C#C)c34)c(F)c2n1)C1(CN2CCCC2)CC1. The van der Waals surface area contributed by atoms with Crippen molar-refractivity contribution in [2.24, 2.45) is 5.41 Å². The number of halogens is 2. The maximum atomic E-state index is 16.8. The Morgan fingerprint density at radius 3 is 2.73 bits per heavy atom. The molecule has 1 saturated carbocycles. The molecule has 4 aromatic rings. The van der Waals surface area contributed by atoms with Crippen molar-refractivity contribution in [1.82, 2.24) is 25.2 Å². The topological polar surface area (TPSA) is 86.6 Å². The van der Waals surface area contributed by atoms with Gasteiger partial charge >= 0.3 is 6.01 Å². The smallest absolute Gasteiger partial charge is 0.319 e. The summed E-state index contributed by atoms with van der Waals surface area (Å²) < 4.78 is 55.8. The molecular weight excluding hydrogens is 562 g/mol. The van der Waals surface area contributed by atoms with Crippen molar-refractivity contribution in [2.75, 3.05) is 44.2 Å². The van der Waals surface area contributed by atoms with Crippen LogP contribution in [-0.2, 0) is 0 Å². The van der Waals surface area contributed by atoms with E-state index in [1.807, 2.05) is 0 Å². The van der Waals surface area contributed by atoms with Crippen LogP contribution in [0.15, 0.2) is 30.5 Å². The molecule has 0 amide bonds. The fourth-order valence-corrected chi connectivity index (χ4v) is 7.16. The van der Waals surface area contributed by atoms with Gasteiger partial charge in [0.1, 0.15) is 28.6 Å². The second-order valence-corrected chi connectivity index (χ2v) is 12.6. The molecule has 1 aliphatic carbocycles. The maximum absolute atomic E-state index is 16.8. The number of piperazine rings is 1. The predicted molar refractivity (Wildman–Crippen MR) is 165 cm³/mol. The number of phenolic OH excluding ortho intramolecular Hbond substituents is 1. The van der Waals surface area contributed by atoms with E-state index in [4.69, 9.17) is 18.9 Å². The van der Waals surface area contributed by atoms with Gasteiger partial charge in [-0.3, -0.25) is 4.98 Å². The van der Waals surface area contributed by atoms with Gasteiger partial charge in [-0.05, 0) is 75.2 Å². The summed E-state index contributed by atoms with van der Waals surface area (Å²) in [7, 11) is 0. The number of phenols is 1. The van der Waals surface area contributed by atoms with Gasteiger partial charge in [-0.25, -0.2) is 8.78 Å². The molecule has 6 heterocycles. The highest BCUT2D eigenvalue weighted by Crippen LogP contribution is 2.47. The van der Waals surface area contributed by atoms with Gasteiger partial charge in [-0.1, -0.05) is 12.0 Å². The van der Waals surface area contributed by atoms with Crippen molar-refractivity contribution in [3.05, 3.63) is 47.7 Å². The average Bonchev–Trinajstić information content (AvgIpc) is 3.67. The first-order chi connectivity index (χ1) is 22.2. The van der Waals surface area contributed by atoms with Crippen LogP contribution in [0.3, 0.4) is 0 Å². The highest BCUT2D eigenvalue weighted by atomic mass is 19.1. The lowest BCUT2D eigenvalue weighted by molar-refractivity contribution is 0.170. The number of rotatable bonds is 7. The zero-order valence-corrected chi connectivity index (χ0v) is 24.2. The molecule has 2 N–H and O–H groups in total. The number of pyridine rings is 1. The van der Waals surface area contributed by atoms with E-state index in [0.717, 1.165) is 45.3 Å². The van der Waals surface area contributed by atoms with Crippen LogP contribution in [0.1, 0.15) is 46.8 Å². The molecule has 0 radical (unpaired) electrons. The summed E-state index contributed by atoms with van der Waals surface area (Å²) in [5, 5.41) is 15.1. The number of ether oxygens (including phenoxy) is 1. The number of piperidine rings is 2. The quantitative estimate of drug-likeness (QED) is 0.288. The first-order valence-corrected chi connectivity index (χ1v) is 15.4. The number of anilines is 1. The van der Waals surface area contributed by atoms with Crippen LogP contribution in [0, 0.1) is 29.4 Å². The lowest BCUT2D eigenvalue weighted by Gasteiger charge is -2.46. The lowest BCUT2D eigenvalue weighted by atomic mass is 9.92. The van der Waals surface area contributed by atoms with E-state index in [1.54, 1.807) is 0 Å². The number of nitrogens with one attached hydrogen (secondary N) is 1. The van der Waals surface area contributed by atoms with Gasteiger partial charge in [-0.15, -0.1) is 6.42 Å². The van der Waals surface area contributed by atoms with Gasteiger partial charge in [-0.2, -0.15) is 9.97 Å². The molecule has 4 aliphatic heterocycles. The third-order valence-corrected chi connectivity index (χ3v) is 9.65. The van der Waals surface area contributed by atoms with E-state index < -0.39 is 23.6 Å². The molecule has 226 valence electrons. The Morgan fingerprint density at radius 1 is 1.18 bits per heavy atom. The number of fused-ring (bicyclic) bond motifs is 5. The standard InChI is InChI=1S/C34H34F2N6O2/c1-2-24-27(35)8-5-20-13-23(43)14-25(28(20)24)30-29(36)31-26(16-38-30)32(42-17-21-6-7-22(42)15-37-21)40-33(39-31)44-19-34(9-10-34)18-41-11-3-4-12-41/h1,5,8,13-14,16,21-22,37,43H,3-4,6-7,9-12,15,17-19H2/i19D2. The Morgan fingerprint density at radius 2 is 2.02 bits per heavy atom. The molecule has 0 spiro atoms. The van der Waals surface area contributed by atoms with E-state index >= 15 is 4.39 Å². The summed E-state index contributed by atoms with van der Waals surface area (Å²) >= 11 is 0. The predicted octanol–water partition coefficient (Wildman–Crippen LogP) is 5.01. The van der Waals surface area contributed by atoms with Crippen LogP contribution in [0.2, 0.25) is 0 Å². The Hall–Kier alpha value is -4.07. The molecule has 2 aromatic heterocycles. The molecule has 10 heteroatoms. The molecule has 2 atom stereocenters. The number of benzene rings is 2. The monoisotopic (exact) mass is 598 g/mol. The number of hydrogen-bond donors (Lipinski definition) is 2. The summed E-state index contributed by atoms with van der Waals surface area (Å²) in [4.78, 5) is 18.1. The summed E-state index contributed by atoms with van der Waals surface area (Å²) in [5.41, 5.74) is -0.928. The van der Waals surface area contributed by atoms with Gasteiger partial charge in [0.25, 0.3) is 0 Å². The van der Waals surface area contributed by atoms with Crippen molar-refractivity contribution in [1.29, 1.82) is 0 Å². The van der Waals surface area contributed by atoms with Gasteiger partial charge in [0, 0.05) is 54.3 Å². The number of terminal acetylenes is 1. The third kappa shape index (κ3) is 4.70. The molecule has 4 saturated heterocycles. The number of aromatic hydroxyl groups is 1. The number of likely N-dealkylation sites (tertiary alicyclic amines) is 1. The average molecular weight is 599 g/mol. The summed E-state index contributed by atoms with van der Waals surface area (Å²) in [6.45, 7) is 1.77. The van der Waals surface area contributed by atoms with Crippen LogP contribution in [0.4, 0.5) is 14.6 Å². The fraction of sp³-hybridized carbons (Fsp3) is 0.441. The second-order valence-electron chi connectivity index (χ2n) is 12.6. The van der Waals surface area contributed by atoms with E-state index in [9.17, 15) is 9.50 Å². The Bertz CT molecular complexity index is 1920. The second kappa shape index (κ2) is 10.5. The van der Waals surface area contributed by atoms with Crippen molar-refractivity contribution in [3.63, 3.8) is 0 Å². The molecule has 8 nitrogen and oxygen atoms in total. The molecule has 44 heavy (non-hydrogen) atoms. The lowest BCUT2D eigenvalue weighted by Crippen LogP contribution is -2.61. The molecular formula is C34H34F2N6O2. The molecule has 9 rings (SSSR count). The van der Waals surface area contributed by atoms with Gasteiger partial charge < -0.3 is 25.0 Å². The van der Waals surface area contributed by atoms with Crippen molar-refractivity contribution in [2.45, 2.75) is 50.6 Å². The first kappa shape index (κ1) is 25.3. The van der Waals surface area contributed by atoms with Gasteiger partial charge in [0.15, 0.2) is 5.82 Å². The molecule has 2 bridgehead atoms. The summed E-state index contributed by atoms with van der Waals surface area (Å²) in [6.07, 6.45) is 12.7. The van der Waals surface area contributed by atoms with Crippen molar-refractivity contribution >= 4 is 27.5 Å². The number of hydrogen-bond acceptors (Lipinski definition) is 8. The number of nitrogens with zero attached hydrogens (tertiary/aromatic N) is 5. The van der Waals surface area contributed by atoms with E-state index in [2.05, 4.69) is 31.0 Å². The van der Waals surface area contributed by atoms with E-state index in [-0.39, 0.29) is 51.6 Å². The van der Waals surface area contributed by atoms with Crippen LogP contribution in [-0.4, -0.2) is 76.3 Å². The van der Waals surface area contributed by atoms with Crippen LogP contribution >= 0.6 is 0 Å². The summed E-state index contributed by atoms with van der Waals surface area (Å²) in [5.74, 6) is 1.15. The fourth-order valence-electron chi connectivity index (χ4n) is 7.16. The maximum Gasteiger partial charge on any atom is 0.319 e. The highest BCUT2D eigenvalue weighted by Gasteiger charge is 2.45. The van der Waals surface area contributed by atoms with Crippen molar-refractivity contribution in [3.8, 4) is 35.4 Å². The molecule has 5 aliphatic rings. The minimum atomic E-state index is -2.09. The zero-order chi connectivity index (χ0) is 31.8. The largest absolute Gasteiger partial charge is 0.508 e. The Labute approximate surface area is 257 Å². The molecule has 5 fully saturated rings. The third-order valence-electron chi connectivity index (χ3n) is 9.65. The van der Waals surface area contributed by atoms with E-state index in [1.165, 1.54) is 30.5 Å². The normalized spacial score (nSPS) is 23.5. The van der Waals surface area contributed by atoms with Gasteiger partial charge in [0.05, 0.1) is 20.3 Å². The first-order valence-electron chi connectivity index (χ1n) is 16.4. The minimum Gasteiger partial charge on any atom is -0.508 e.